The molecule has 0 aromatic rings. The van der Waals surface area contributed by atoms with Crippen molar-refractivity contribution in [3.05, 3.63) is 0 Å². The highest BCUT2D eigenvalue weighted by atomic mass is 16.6. The van der Waals surface area contributed by atoms with Gasteiger partial charge in [-0.1, -0.05) is 0 Å². The van der Waals surface area contributed by atoms with Crippen LogP contribution in [0.5, 0.6) is 0 Å². The van der Waals surface area contributed by atoms with Crippen LogP contribution in [0.1, 0.15) is 6.42 Å². The first-order chi connectivity index (χ1) is 10.2. The third-order valence-corrected chi connectivity index (χ3v) is 4.86. The molecule has 0 spiro atoms. The van der Waals surface area contributed by atoms with Gasteiger partial charge in [-0.25, -0.2) is 4.79 Å². The Balaban J connectivity index is 1.28. The van der Waals surface area contributed by atoms with Crippen LogP contribution in [0.4, 0.5) is 4.79 Å². The highest BCUT2D eigenvalue weighted by Gasteiger charge is 2.38. The number of fused-ring (bicyclic) bond motifs is 1. The van der Waals surface area contributed by atoms with E-state index in [-0.39, 0.29) is 6.09 Å². The molecule has 0 aromatic heterocycles. The number of likely N-dealkylation sites (tertiary alicyclic amines) is 2. The minimum absolute atomic E-state index is 0.182. The Kier molecular flexibility index (Phi) is 4.98. The second-order valence-corrected chi connectivity index (χ2v) is 6.57. The number of carbonyl (C=O) groups is 1. The van der Waals surface area contributed by atoms with Crippen molar-refractivity contribution in [3.63, 3.8) is 0 Å². The monoisotopic (exact) mass is 297 g/mol. The molecular weight excluding hydrogens is 270 g/mol. The molecule has 1 amide bonds. The number of nitrogens with zero attached hydrogens (tertiary/aromatic N) is 3. The second-order valence-electron chi connectivity index (χ2n) is 6.57. The topological polar surface area (TPSA) is 45.2 Å². The zero-order valence-corrected chi connectivity index (χ0v) is 13.0. The molecule has 3 aliphatic rings. The van der Waals surface area contributed by atoms with E-state index in [4.69, 9.17) is 9.47 Å². The summed E-state index contributed by atoms with van der Waals surface area (Å²) in [5.41, 5.74) is 0. The van der Waals surface area contributed by atoms with Crippen molar-refractivity contribution < 1.29 is 14.3 Å². The van der Waals surface area contributed by atoms with Crippen molar-refractivity contribution in [3.8, 4) is 0 Å². The van der Waals surface area contributed by atoms with Gasteiger partial charge in [0.1, 0.15) is 0 Å². The van der Waals surface area contributed by atoms with Crippen LogP contribution >= 0.6 is 0 Å². The molecule has 3 rings (SSSR count). The van der Waals surface area contributed by atoms with Crippen LogP contribution in [-0.4, -0.2) is 93.5 Å². The van der Waals surface area contributed by atoms with Crippen molar-refractivity contribution in [2.45, 2.75) is 6.42 Å². The predicted molar refractivity (Wildman–Crippen MR) is 79.3 cm³/mol. The van der Waals surface area contributed by atoms with Gasteiger partial charge in [0, 0.05) is 45.8 Å². The summed E-state index contributed by atoms with van der Waals surface area (Å²) >= 11 is 0. The molecule has 0 aromatic carbocycles. The SMILES string of the molecule is CN1CC2CN(CCCOC(=O)N3CCOCC3)CC2C1. The van der Waals surface area contributed by atoms with Crippen molar-refractivity contribution in [2.24, 2.45) is 11.8 Å². The molecule has 3 saturated heterocycles. The normalized spacial score (nSPS) is 30.6. The number of rotatable bonds is 4. The Morgan fingerprint density at radius 2 is 1.81 bits per heavy atom. The number of hydrogen-bond acceptors (Lipinski definition) is 5. The third-order valence-electron chi connectivity index (χ3n) is 4.86. The Hall–Kier alpha value is -0.850. The fourth-order valence-electron chi connectivity index (χ4n) is 3.79. The number of ether oxygens (including phenoxy) is 2. The number of carbonyl (C=O) groups excluding carboxylic acids is 1. The van der Waals surface area contributed by atoms with E-state index in [2.05, 4.69) is 16.8 Å². The first-order valence-electron chi connectivity index (χ1n) is 8.13. The molecule has 6 nitrogen and oxygen atoms in total. The van der Waals surface area contributed by atoms with Gasteiger partial charge in [0.2, 0.25) is 0 Å². The van der Waals surface area contributed by atoms with E-state index in [1.807, 2.05) is 0 Å². The van der Waals surface area contributed by atoms with Gasteiger partial charge >= 0.3 is 6.09 Å². The van der Waals surface area contributed by atoms with Gasteiger partial charge in [-0.15, -0.1) is 0 Å². The molecule has 6 heteroatoms. The standard InChI is InChI=1S/C15H27N3O3/c1-16-9-13-11-17(12-14(13)10-16)3-2-6-21-15(19)18-4-7-20-8-5-18/h13-14H,2-12H2,1H3. The average molecular weight is 297 g/mol. The lowest BCUT2D eigenvalue weighted by Gasteiger charge is -2.26. The van der Waals surface area contributed by atoms with Gasteiger partial charge in [-0.05, 0) is 25.3 Å². The molecule has 3 heterocycles. The molecule has 0 aliphatic carbocycles. The lowest BCUT2D eigenvalue weighted by Crippen LogP contribution is -2.41. The molecule has 0 bridgehead atoms. The van der Waals surface area contributed by atoms with Crippen LogP contribution in [0, 0.1) is 11.8 Å². The van der Waals surface area contributed by atoms with Gasteiger partial charge in [-0.3, -0.25) is 0 Å². The molecule has 0 radical (unpaired) electrons. The molecule has 3 aliphatic heterocycles. The first kappa shape index (κ1) is 15.1. The van der Waals surface area contributed by atoms with Crippen LogP contribution in [0.2, 0.25) is 0 Å². The summed E-state index contributed by atoms with van der Waals surface area (Å²) in [6, 6.07) is 0. The Morgan fingerprint density at radius 1 is 1.14 bits per heavy atom. The van der Waals surface area contributed by atoms with Crippen LogP contribution in [0.3, 0.4) is 0 Å². The van der Waals surface area contributed by atoms with E-state index in [9.17, 15) is 4.79 Å². The highest BCUT2D eigenvalue weighted by molar-refractivity contribution is 5.67. The number of amides is 1. The van der Waals surface area contributed by atoms with Crippen LogP contribution < -0.4 is 0 Å². The molecule has 3 fully saturated rings. The van der Waals surface area contributed by atoms with Gasteiger partial charge in [0.15, 0.2) is 0 Å². The molecule has 0 saturated carbocycles. The summed E-state index contributed by atoms with van der Waals surface area (Å²) in [5, 5.41) is 0. The quantitative estimate of drug-likeness (QED) is 0.700. The molecular formula is C15H27N3O3. The van der Waals surface area contributed by atoms with Crippen LogP contribution in [-0.2, 0) is 9.47 Å². The maximum atomic E-state index is 11.8. The Bertz CT molecular complexity index is 346. The predicted octanol–water partition coefficient (Wildman–Crippen LogP) is 0.339. The summed E-state index contributed by atoms with van der Waals surface area (Å²) in [6.07, 6.45) is 0.754. The number of morpholine rings is 1. The zero-order chi connectivity index (χ0) is 14.7. The minimum atomic E-state index is -0.182. The van der Waals surface area contributed by atoms with Gasteiger partial charge in [0.25, 0.3) is 0 Å². The smallest absolute Gasteiger partial charge is 0.409 e. The lowest BCUT2D eigenvalue weighted by atomic mass is 10.0. The maximum absolute atomic E-state index is 11.8. The minimum Gasteiger partial charge on any atom is -0.449 e. The van der Waals surface area contributed by atoms with Crippen molar-refractivity contribution in [1.29, 1.82) is 0 Å². The summed E-state index contributed by atoms with van der Waals surface area (Å²) < 4.78 is 10.6. The largest absolute Gasteiger partial charge is 0.449 e. The first-order valence-corrected chi connectivity index (χ1v) is 8.13. The molecule has 120 valence electrons. The molecule has 21 heavy (non-hydrogen) atoms. The third kappa shape index (κ3) is 3.87. The van der Waals surface area contributed by atoms with Crippen LogP contribution in [0.25, 0.3) is 0 Å². The van der Waals surface area contributed by atoms with Crippen molar-refractivity contribution in [2.75, 3.05) is 72.7 Å². The molecule has 2 atom stereocenters. The Morgan fingerprint density at radius 3 is 2.48 bits per heavy atom. The average Bonchev–Trinajstić information content (AvgIpc) is 3.01. The van der Waals surface area contributed by atoms with Gasteiger partial charge in [-0.2, -0.15) is 0 Å². The highest BCUT2D eigenvalue weighted by Crippen LogP contribution is 2.29. The van der Waals surface area contributed by atoms with Crippen LogP contribution in [0.15, 0.2) is 0 Å². The fraction of sp³-hybridized carbons (Fsp3) is 0.933. The van der Waals surface area contributed by atoms with E-state index in [0.29, 0.717) is 32.9 Å². The summed E-state index contributed by atoms with van der Waals surface area (Å²) in [5.74, 6) is 1.71. The summed E-state index contributed by atoms with van der Waals surface area (Å²) in [4.78, 5) is 18.5. The summed E-state index contributed by atoms with van der Waals surface area (Å²) in [6.45, 7) is 9.05. The van der Waals surface area contributed by atoms with E-state index in [1.54, 1.807) is 4.90 Å². The zero-order valence-electron chi connectivity index (χ0n) is 13.0. The van der Waals surface area contributed by atoms with Crippen molar-refractivity contribution in [1.82, 2.24) is 14.7 Å². The number of hydrogen-bond donors (Lipinski definition) is 0. The van der Waals surface area contributed by atoms with Gasteiger partial charge < -0.3 is 24.2 Å². The molecule has 2 unspecified atom stereocenters. The maximum Gasteiger partial charge on any atom is 0.409 e. The van der Waals surface area contributed by atoms with Crippen molar-refractivity contribution >= 4 is 6.09 Å². The second kappa shape index (κ2) is 6.94. The van der Waals surface area contributed by atoms with E-state index >= 15 is 0 Å². The van der Waals surface area contributed by atoms with E-state index in [1.165, 1.54) is 26.2 Å². The molecule has 0 N–H and O–H groups in total. The van der Waals surface area contributed by atoms with E-state index < -0.39 is 0 Å². The lowest BCUT2D eigenvalue weighted by molar-refractivity contribution is 0.0263. The van der Waals surface area contributed by atoms with E-state index in [0.717, 1.165) is 24.8 Å². The van der Waals surface area contributed by atoms with Gasteiger partial charge in [0.05, 0.1) is 19.8 Å². The summed E-state index contributed by atoms with van der Waals surface area (Å²) in [7, 11) is 2.22. The Labute approximate surface area is 126 Å². The fourth-order valence-corrected chi connectivity index (χ4v) is 3.79.